The van der Waals surface area contributed by atoms with Crippen LogP contribution in [0.25, 0.3) is 11.2 Å². The number of aromatic nitrogens is 2. The molecule has 1 N–H and O–H groups in total. The summed E-state index contributed by atoms with van der Waals surface area (Å²) in [6.45, 7) is 3.02. The number of carbonyl (C=O) groups excluding carboxylic acids is 2. The van der Waals surface area contributed by atoms with Crippen molar-refractivity contribution in [2.75, 3.05) is 11.4 Å². The van der Waals surface area contributed by atoms with Gasteiger partial charge in [-0.15, -0.1) is 0 Å². The molecule has 2 aromatic heterocycles. The number of pyridine rings is 1. The van der Waals surface area contributed by atoms with Gasteiger partial charge in [-0.25, -0.2) is 4.98 Å². The zero-order valence-corrected chi connectivity index (χ0v) is 17.2. The highest BCUT2D eigenvalue weighted by molar-refractivity contribution is 6.47. The van der Waals surface area contributed by atoms with E-state index in [1.807, 2.05) is 18.3 Å². The Balaban J connectivity index is 1.63. The molecule has 0 radical (unpaired) electrons. The third-order valence-electron chi connectivity index (χ3n) is 5.96. The van der Waals surface area contributed by atoms with Crippen LogP contribution in [-0.2, 0) is 9.59 Å². The number of aliphatic imine (C=N–C) groups is 1. The number of anilines is 1. The number of imide groups is 1. The van der Waals surface area contributed by atoms with Crippen LogP contribution in [0.4, 0.5) is 5.69 Å². The van der Waals surface area contributed by atoms with Gasteiger partial charge in [0.15, 0.2) is 0 Å². The zero-order chi connectivity index (χ0) is 21.3. The molecule has 0 aliphatic carbocycles. The maximum atomic E-state index is 13.0. The van der Waals surface area contributed by atoms with Gasteiger partial charge in [0.2, 0.25) is 0 Å². The summed E-state index contributed by atoms with van der Waals surface area (Å²) in [5.74, 6) is -0.575. The van der Waals surface area contributed by atoms with Crippen LogP contribution >= 0.6 is 11.6 Å². The van der Waals surface area contributed by atoms with Crippen molar-refractivity contribution in [3.8, 4) is 0 Å². The third kappa shape index (κ3) is 2.53. The van der Waals surface area contributed by atoms with Crippen molar-refractivity contribution in [2.45, 2.75) is 12.8 Å². The van der Waals surface area contributed by atoms with E-state index in [-0.39, 0.29) is 11.1 Å². The molecule has 6 rings (SSSR count). The van der Waals surface area contributed by atoms with E-state index in [2.05, 4.69) is 33.2 Å². The highest BCUT2D eigenvalue weighted by Crippen LogP contribution is 2.42. The van der Waals surface area contributed by atoms with Crippen molar-refractivity contribution >= 4 is 46.0 Å². The minimum atomic E-state index is -0.467. The molecular formula is C23H16ClN5O2. The summed E-state index contributed by atoms with van der Waals surface area (Å²) < 4.78 is 1.75. The van der Waals surface area contributed by atoms with Gasteiger partial charge >= 0.3 is 0 Å². The van der Waals surface area contributed by atoms with Crippen LogP contribution in [-0.4, -0.2) is 33.5 Å². The first-order valence-corrected chi connectivity index (χ1v) is 10.3. The number of carbonyl (C=O) groups is 2. The van der Waals surface area contributed by atoms with E-state index in [0.717, 1.165) is 17.8 Å². The lowest BCUT2D eigenvalue weighted by Gasteiger charge is -2.17. The minimum absolute atomic E-state index is 0.251. The SMILES string of the molecule is CC1CN2C=CN=C(C3=C(c4cnc5cc(Cl)ccn45)C(=O)NC3=O)c3cccc1c32. The Labute approximate surface area is 182 Å². The molecular weight excluding hydrogens is 414 g/mol. The fourth-order valence-corrected chi connectivity index (χ4v) is 4.77. The van der Waals surface area contributed by atoms with Gasteiger partial charge in [-0.3, -0.25) is 24.3 Å². The molecule has 2 amide bonds. The first kappa shape index (κ1) is 18.1. The van der Waals surface area contributed by atoms with E-state index in [1.165, 1.54) is 5.56 Å². The van der Waals surface area contributed by atoms with Crippen LogP contribution in [0.3, 0.4) is 0 Å². The first-order valence-electron chi connectivity index (χ1n) is 9.90. The highest BCUT2D eigenvalue weighted by Gasteiger charge is 2.39. The monoisotopic (exact) mass is 429 g/mol. The molecule has 0 saturated carbocycles. The molecule has 5 heterocycles. The second kappa shape index (κ2) is 6.39. The van der Waals surface area contributed by atoms with E-state index in [1.54, 1.807) is 35.1 Å². The summed E-state index contributed by atoms with van der Waals surface area (Å²) in [5.41, 5.74) is 5.15. The molecule has 0 fully saturated rings. The van der Waals surface area contributed by atoms with Crippen LogP contribution in [0.1, 0.15) is 29.7 Å². The van der Waals surface area contributed by atoms with Gasteiger partial charge in [0, 0.05) is 47.7 Å². The van der Waals surface area contributed by atoms with Gasteiger partial charge in [-0.1, -0.05) is 36.7 Å². The molecule has 0 spiro atoms. The largest absolute Gasteiger partial charge is 0.345 e. The molecule has 1 unspecified atom stereocenters. The van der Waals surface area contributed by atoms with Crippen molar-refractivity contribution in [3.05, 3.63) is 82.5 Å². The predicted octanol–water partition coefficient (Wildman–Crippen LogP) is 3.30. The summed E-state index contributed by atoms with van der Waals surface area (Å²) in [7, 11) is 0. The van der Waals surface area contributed by atoms with Gasteiger partial charge in [-0.05, 0) is 11.6 Å². The molecule has 0 bridgehead atoms. The van der Waals surface area contributed by atoms with Crippen LogP contribution in [0.5, 0.6) is 0 Å². The van der Waals surface area contributed by atoms with Gasteiger partial charge in [0.1, 0.15) is 5.65 Å². The van der Waals surface area contributed by atoms with E-state index in [9.17, 15) is 9.59 Å². The lowest BCUT2D eigenvalue weighted by molar-refractivity contribution is -0.123. The number of nitrogens with one attached hydrogen (secondary N) is 1. The Kier molecular flexibility index (Phi) is 3.73. The molecule has 1 aromatic carbocycles. The number of amides is 2. The van der Waals surface area contributed by atoms with E-state index >= 15 is 0 Å². The van der Waals surface area contributed by atoms with Crippen molar-refractivity contribution in [1.29, 1.82) is 0 Å². The molecule has 31 heavy (non-hydrogen) atoms. The highest BCUT2D eigenvalue weighted by atomic mass is 35.5. The van der Waals surface area contributed by atoms with Gasteiger partial charge in [0.25, 0.3) is 11.8 Å². The summed E-state index contributed by atoms with van der Waals surface area (Å²) in [6.07, 6.45) is 6.92. The number of benzene rings is 1. The van der Waals surface area contributed by atoms with Crippen molar-refractivity contribution in [2.24, 2.45) is 4.99 Å². The van der Waals surface area contributed by atoms with Crippen molar-refractivity contribution in [3.63, 3.8) is 0 Å². The lowest BCUT2D eigenvalue weighted by atomic mass is 9.93. The molecule has 3 aliphatic heterocycles. The number of fused-ring (bicyclic) bond motifs is 1. The summed E-state index contributed by atoms with van der Waals surface area (Å²) in [4.78, 5) is 37.0. The van der Waals surface area contributed by atoms with Crippen molar-refractivity contribution < 1.29 is 9.59 Å². The molecule has 0 saturated heterocycles. The predicted molar refractivity (Wildman–Crippen MR) is 118 cm³/mol. The number of hydrogen-bond acceptors (Lipinski definition) is 5. The third-order valence-corrected chi connectivity index (χ3v) is 6.20. The van der Waals surface area contributed by atoms with Crippen LogP contribution < -0.4 is 10.2 Å². The summed E-state index contributed by atoms with van der Waals surface area (Å²) >= 11 is 6.08. The summed E-state index contributed by atoms with van der Waals surface area (Å²) in [5, 5.41) is 2.98. The maximum absolute atomic E-state index is 13.0. The van der Waals surface area contributed by atoms with Gasteiger partial charge in [0.05, 0.1) is 34.4 Å². The van der Waals surface area contributed by atoms with Gasteiger partial charge < -0.3 is 4.90 Å². The Bertz CT molecular complexity index is 1410. The average Bonchev–Trinajstić information content (AvgIpc) is 3.34. The second-order valence-corrected chi connectivity index (χ2v) is 8.26. The fraction of sp³-hybridized carbons (Fsp3) is 0.130. The molecule has 3 aromatic rings. The van der Waals surface area contributed by atoms with E-state index < -0.39 is 11.8 Å². The minimum Gasteiger partial charge on any atom is -0.345 e. The Morgan fingerprint density at radius 2 is 2.00 bits per heavy atom. The van der Waals surface area contributed by atoms with Crippen LogP contribution in [0.15, 0.2) is 65.7 Å². The van der Waals surface area contributed by atoms with Crippen LogP contribution in [0.2, 0.25) is 5.02 Å². The smallest absolute Gasteiger partial charge is 0.261 e. The first-order chi connectivity index (χ1) is 15.0. The Morgan fingerprint density at radius 3 is 2.87 bits per heavy atom. The number of imidazole rings is 1. The second-order valence-electron chi connectivity index (χ2n) is 7.82. The van der Waals surface area contributed by atoms with E-state index in [4.69, 9.17) is 11.6 Å². The Morgan fingerprint density at radius 1 is 1.16 bits per heavy atom. The topological polar surface area (TPSA) is 79.1 Å². The number of hydrogen-bond donors (Lipinski definition) is 1. The standard InChI is InChI=1S/C23H16ClN5O2/c1-12-11-28-8-6-25-20(15-4-2-3-14(12)21(15)28)19-18(22(30)27-23(19)31)16-10-26-17-9-13(24)5-7-29(16)17/h2-10,12H,11H2,1H3,(H,27,30,31). The maximum Gasteiger partial charge on any atom is 0.261 e. The average molecular weight is 430 g/mol. The van der Waals surface area contributed by atoms with Crippen LogP contribution in [0, 0.1) is 0 Å². The molecule has 3 aliphatic rings. The number of nitrogens with zero attached hydrogens (tertiary/aromatic N) is 4. The Hall–Kier alpha value is -3.71. The van der Waals surface area contributed by atoms with Gasteiger partial charge in [-0.2, -0.15) is 0 Å². The van der Waals surface area contributed by atoms with Crippen molar-refractivity contribution in [1.82, 2.24) is 14.7 Å². The summed E-state index contributed by atoms with van der Waals surface area (Å²) in [6, 6.07) is 9.44. The molecule has 7 nitrogen and oxygen atoms in total. The number of para-hydroxylation sites is 1. The fourth-order valence-electron chi connectivity index (χ4n) is 4.61. The van der Waals surface area contributed by atoms with E-state index in [0.29, 0.717) is 28.0 Å². The molecule has 1 atom stereocenters. The normalized spacial score (nSPS) is 19.7. The zero-order valence-electron chi connectivity index (χ0n) is 16.5. The lowest BCUT2D eigenvalue weighted by Crippen LogP contribution is -2.25. The number of halogens is 1. The quantitative estimate of drug-likeness (QED) is 0.634. The molecule has 8 heteroatoms. The number of rotatable bonds is 2. The molecule has 152 valence electrons.